The van der Waals surface area contributed by atoms with E-state index in [1.807, 2.05) is 0 Å². The van der Waals surface area contributed by atoms with Crippen LogP contribution in [0.15, 0.2) is 0 Å². The Morgan fingerprint density at radius 1 is 1.64 bits per heavy atom. The highest BCUT2D eigenvalue weighted by Gasteiger charge is 2.35. The molecule has 0 aromatic rings. The maximum Gasteiger partial charge on any atom is 0.326 e. The van der Waals surface area contributed by atoms with Crippen molar-refractivity contribution in [3.8, 4) is 0 Å². The maximum atomic E-state index is 11.7. The monoisotopic (exact) mass is 264 g/mol. The summed E-state index contributed by atoms with van der Waals surface area (Å²) < 4.78 is 2.63. The molecule has 2 atom stereocenters. The van der Waals surface area contributed by atoms with Gasteiger partial charge in [0.25, 0.3) is 0 Å². The van der Waals surface area contributed by atoms with Crippen molar-refractivity contribution in [2.24, 2.45) is 0 Å². The number of hydrogen-bond donors (Lipinski definition) is 2. The molecule has 1 aliphatic heterocycles. The summed E-state index contributed by atoms with van der Waals surface area (Å²) in [5, 5.41) is 8.86. The highest BCUT2D eigenvalue weighted by atomic mass is 79.9. The molecule has 2 N–H and O–H groups in total. The first kappa shape index (κ1) is 11.5. The van der Waals surface area contributed by atoms with Gasteiger partial charge in [0.2, 0.25) is 5.91 Å². The molecule has 0 aromatic heterocycles. The highest BCUT2D eigenvalue weighted by Crippen LogP contribution is 2.18. The molecule has 1 aliphatic rings. The molecule has 6 heteroatoms. The zero-order chi connectivity index (χ0) is 10.7. The average molecular weight is 265 g/mol. The van der Waals surface area contributed by atoms with Crippen LogP contribution in [0.4, 0.5) is 0 Å². The molecule has 80 valence electrons. The van der Waals surface area contributed by atoms with E-state index < -0.39 is 18.1 Å². The van der Waals surface area contributed by atoms with E-state index in [0.717, 1.165) is 6.42 Å². The van der Waals surface area contributed by atoms with Crippen LogP contribution < -0.4 is 4.34 Å². The first-order valence-electron chi connectivity index (χ1n) is 4.47. The minimum atomic E-state index is -0.919. The number of carbonyl (C=O) groups is 2. The van der Waals surface area contributed by atoms with Gasteiger partial charge in [-0.3, -0.25) is 4.79 Å². The zero-order valence-corrected chi connectivity index (χ0v) is 9.45. The highest BCUT2D eigenvalue weighted by molar-refractivity contribution is 9.08. The number of aliphatic carboxylic acids is 1. The molecule has 14 heavy (non-hydrogen) atoms. The molecule has 5 nitrogen and oxygen atoms in total. The third-order valence-corrected chi connectivity index (χ3v) is 3.04. The first-order chi connectivity index (χ1) is 6.57. The number of carboxylic acids is 1. The topological polar surface area (TPSA) is 69.6 Å². The lowest BCUT2D eigenvalue weighted by molar-refractivity contribution is -0.148. The van der Waals surface area contributed by atoms with Crippen molar-refractivity contribution in [1.82, 2.24) is 9.24 Å². The van der Waals surface area contributed by atoms with Crippen molar-refractivity contribution in [3.05, 3.63) is 0 Å². The molecule has 0 spiro atoms. The lowest BCUT2D eigenvalue weighted by Gasteiger charge is -2.24. The molecule has 1 saturated heterocycles. The molecule has 0 saturated carbocycles. The average Bonchev–Trinajstić information content (AvgIpc) is 2.63. The van der Waals surface area contributed by atoms with Gasteiger partial charge in [-0.25, -0.2) is 9.14 Å². The van der Waals surface area contributed by atoms with Gasteiger partial charge < -0.3 is 10.0 Å². The fraction of sp³-hybridized carbons (Fsp3) is 0.750. The Kier molecular flexibility index (Phi) is 3.88. The van der Waals surface area contributed by atoms with E-state index in [9.17, 15) is 9.59 Å². The molecule has 0 radical (unpaired) electrons. The third kappa shape index (κ3) is 2.24. The van der Waals surface area contributed by atoms with Crippen LogP contribution in [0.25, 0.3) is 0 Å². The van der Waals surface area contributed by atoms with Gasteiger partial charge in [-0.05, 0) is 19.8 Å². The van der Waals surface area contributed by atoms with Crippen molar-refractivity contribution in [1.29, 1.82) is 0 Å². The van der Waals surface area contributed by atoms with Gasteiger partial charge in [0.15, 0.2) is 0 Å². The molecule has 1 rings (SSSR count). The smallest absolute Gasteiger partial charge is 0.326 e. The summed E-state index contributed by atoms with van der Waals surface area (Å²) in [5.41, 5.74) is 0. The molecule has 0 unspecified atom stereocenters. The maximum absolute atomic E-state index is 11.7. The summed E-state index contributed by atoms with van der Waals surface area (Å²) in [6, 6.07) is -1.04. The molecular formula is C8H13BrN2O3. The van der Waals surface area contributed by atoms with Crippen molar-refractivity contribution in [3.63, 3.8) is 0 Å². The van der Waals surface area contributed by atoms with Crippen molar-refractivity contribution in [2.75, 3.05) is 6.54 Å². The Labute approximate surface area is 90.8 Å². The number of carboxylic acid groups (broad SMARTS) is 1. The largest absolute Gasteiger partial charge is 0.480 e. The third-order valence-electron chi connectivity index (χ3n) is 2.36. The Morgan fingerprint density at radius 3 is 2.79 bits per heavy atom. The fourth-order valence-electron chi connectivity index (χ4n) is 1.58. The normalized spacial score (nSPS) is 23.6. The molecular weight excluding hydrogens is 252 g/mol. The minimum absolute atomic E-state index is 0.174. The molecule has 1 amide bonds. The van der Waals surface area contributed by atoms with Gasteiger partial charge >= 0.3 is 5.97 Å². The molecule has 1 fully saturated rings. The Balaban J connectivity index is 2.67. The van der Waals surface area contributed by atoms with Crippen LogP contribution >= 0.6 is 16.1 Å². The summed E-state index contributed by atoms with van der Waals surface area (Å²) in [7, 11) is 0. The lowest BCUT2D eigenvalue weighted by atomic mass is 10.2. The molecule has 0 aromatic carbocycles. The molecule has 0 bridgehead atoms. The minimum Gasteiger partial charge on any atom is -0.480 e. The number of amides is 1. The van der Waals surface area contributed by atoms with Crippen LogP contribution in [0.2, 0.25) is 0 Å². The second-order valence-electron chi connectivity index (χ2n) is 3.36. The van der Waals surface area contributed by atoms with E-state index in [1.54, 1.807) is 6.92 Å². The van der Waals surface area contributed by atoms with Crippen LogP contribution in [0.1, 0.15) is 19.8 Å². The van der Waals surface area contributed by atoms with Crippen molar-refractivity contribution >= 4 is 28.0 Å². The fourth-order valence-corrected chi connectivity index (χ4v) is 1.78. The van der Waals surface area contributed by atoms with Gasteiger partial charge in [0.1, 0.15) is 6.04 Å². The predicted molar refractivity (Wildman–Crippen MR) is 53.9 cm³/mol. The van der Waals surface area contributed by atoms with Crippen molar-refractivity contribution in [2.45, 2.75) is 31.8 Å². The number of hydrogen-bond acceptors (Lipinski definition) is 3. The van der Waals surface area contributed by atoms with Crippen LogP contribution in [0.5, 0.6) is 0 Å². The Morgan fingerprint density at radius 2 is 2.29 bits per heavy atom. The van der Waals surface area contributed by atoms with Gasteiger partial charge in [-0.2, -0.15) is 0 Å². The van der Waals surface area contributed by atoms with Gasteiger partial charge in [-0.1, -0.05) is 0 Å². The van der Waals surface area contributed by atoms with Gasteiger partial charge in [-0.15, -0.1) is 0 Å². The van der Waals surface area contributed by atoms with E-state index in [0.29, 0.717) is 13.0 Å². The van der Waals surface area contributed by atoms with E-state index in [2.05, 4.69) is 20.5 Å². The summed E-state index contributed by atoms with van der Waals surface area (Å²) in [6.45, 7) is 2.23. The van der Waals surface area contributed by atoms with Crippen molar-refractivity contribution < 1.29 is 14.7 Å². The number of likely N-dealkylation sites (tertiary alicyclic amines) is 1. The molecule has 0 aliphatic carbocycles. The number of carbonyl (C=O) groups excluding carboxylic acids is 1. The summed E-state index contributed by atoms with van der Waals surface area (Å²) in [5.74, 6) is -1.09. The number of rotatable bonds is 3. The van der Waals surface area contributed by atoms with E-state index in [-0.39, 0.29) is 5.91 Å². The van der Waals surface area contributed by atoms with Crippen LogP contribution in [-0.4, -0.2) is 40.5 Å². The second-order valence-corrected chi connectivity index (χ2v) is 3.82. The summed E-state index contributed by atoms with van der Waals surface area (Å²) in [6.07, 6.45) is 1.31. The Bertz CT molecular complexity index is 247. The summed E-state index contributed by atoms with van der Waals surface area (Å²) in [4.78, 5) is 23.9. The van der Waals surface area contributed by atoms with Crippen LogP contribution in [-0.2, 0) is 9.59 Å². The second kappa shape index (κ2) is 4.75. The van der Waals surface area contributed by atoms with Gasteiger partial charge in [0, 0.05) is 22.7 Å². The zero-order valence-electron chi connectivity index (χ0n) is 7.86. The van der Waals surface area contributed by atoms with Gasteiger partial charge in [0.05, 0.1) is 6.04 Å². The molecule has 1 heterocycles. The lowest BCUT2D eigenvalue weighted by Crippen LogP contribution is -2.47. The first-order valence-corrected chi connectivity index (χ1v) is 5.26. The van der Waals surface area contributed by atoms with Crippen LogP contribution in [0.3, 0.4) is 0 Å². The van der Waals surface area contributed by atoms with E-state index in [4.69, 9.17) is 5.11 Å². The predicted octanol–water partition coefficient (Wildman–Crippen LogP) is 0.350. The number of halogens is 1. The van der Waals surface area contributed by atoms with E-state index in [1.165, 1.54) is 4.90 Å². The number of nitrogens with zero attached hydrogens (tertiary/aromatic N) is 1. The standard InChI is InChI=1S/C8H13BrN2O3/c1-5(10-9)7(12)11-4-2-3-6(11)8(13)14/h5-6,10H,2-4H2,1H3,(H,13,14)/t5-,6-/m0/s1. The SMILES string of the molecule is C[C@H](NBr)C(=O)N1CCC[C@H]1C(=O)O. The quantitative estimate of drug-likeness (QED) is 0.722. The number of nitrogens with one attached hydrogen (secondary N) is 1. The summed E-state index contributed by atoms with van der Waals surface area (Å²) >= 11 is 2.97. The van der Waals surface area contributed by atoms with E-state index >= 15 is 0 Å². The Hall–Kier alpha value is -0.620. The van der Waals surface area contributed by atoms with Crippen LogP contribution in [0, 0.1) is 0 Å².